The van der Waals surface area contributed by atoms with E-state index in [0.717, 1.165) is 0 Å². The molecule has 1 aromatic rings. The number of carbonyl (C=O) groups is 1. The van der Waals surface area contributed by atoms with E-state index in [9.17, 15) is 13.2 Å². The molecule has 0 heterocycles. The van der Waals surface area contributed by atoms with E-state index in [-0.39, 0.29) is 23.0 Å². The largest absolute Gasteiger partial charge is 0.495 e. The number of sulfonamides is 1. The number of anilines is 1. The Balaban J connectivity index is 3.00. The second-order valence-electron chi connectivity index (χ2n) is 3.74. The summed E-state index contributed by atoms with van der Waals surface area (Å²) >= 11 is 0. The van der Waals surface area contributed by atoms with Gasteiger partial charge in [0.25, 0.3) is 0 Å². The number of carbonyl (C=O) groups excluding carboxylic acids is 1. The van der Waals surface area contributed by atoms with Crippen molar-refractivity contribution in [2.24, 2.45) is 5.14 Å². The van der Waals surface area contributed by atoms with Gasteiger partial charge in [-0.2, -0.15) is 0 Å². The second-order valence-corrected chi connectivity index (χ2v) is 5.30. The number of methoxy groups -OCH3 is 1. The number of benzene rings is 1. The van der Waals surface area contributed by atoms with Crippen LogP contribution >= 0.6 is 0 Å². The number of nitrogens with two attached hydrogens (primary N) is 1. The van der Waals surface area contributed by atoms with Crippen LogP contribution in [0, 0.1) is 0 Å². The molecule has 1 rings (SSSR count). The number of rotatable bonds is 6. The second kappa shape index (κ2) is 6.50. The Morgan fingerprint density at radius 1 is 1.42 bits per heavy atom. The number of ether oxygens (including phenoxy) is 1. The van der Waals surface area contributed by atoms with Crippen LogP contribution in [0.1, 0.15) is 6.92 Å². The quantitative estimate of drug-likeness (QED) is 0.676. The van der Waals surface area contributed by atoms with Gasteiger partial charge in [0.05, 0.1) is 24.2 Å². The van der Waals surface area contributed by atoms with Crippen LogP contribution < -0.4 is 20.5 Å². The Morgan fingerprint density at radius 3 is 2.63 bits per heavy atom. The topological polar surface area (TPSA) is 111 Å². The Hall–Kier alpha value is -1.64. The molecule has 0 unspecified atom stereocenters. The van der Waals surface area contributed by atoms with Crippen LogP contribution in [0.4, 0.5) is 5.69 Å². The molecular weight excluding hydrogens is 270 g/mol. The lowest BCUT2D eigenvalue weighted by Gasteiger charge is -2.11. The highest BCUT2D eigenvalue weighted by Gasteiger charge is 2.13. The van der Waals surface area contributed by atoms with Crippen LogP contribution in [-0.4, -0.2) is 34.5 Å². The van der Waals surface area contributed by atoms with E-state index in [4.69, 9.17) is 9.88 Å². The molecule has 0 radical (unpaired) electrons. The van der Waals surface area contributed by atoms with Crippen molar-refractivity contribution in [2.45, 2.75) is 11.8 Å². The first kappa shape index (κ1) is 15.4. The van der Waals surface area contributed by atoms with Gasteiger partial charge in [-0.25, -0.2) is 13.6 Å². The first-order valence-electron chi connectivity index (χ1n) is 5.60. The van der Waals surface area contributed by atoms with Gasteiger partial charge in [0.15, 0.2) is 0 Å². The number of primary sulfonamides is 1. The predicted octanol–water partition coefficient (Wildman–Crippen LogP) is -0.109. The lowest BCUT2D eigenvalue weighted by Crippen LogP contribution is -2.28. The van der Waals surface area contributed by atoms with Gasteiger partial charge in [0, 0.05) is 0 Å². The summed E-state index contributed by atoms with van der Waals surface area (Å²) in [6, 6.07) is 4.01. The minimum Gasteiger partial charge on any atom is -0.495 e. The summed E-state index contributed by atoms with van der Waals surface area (Å²) in [5.41, 5.74) is 0.261. The van der Waals surface area contributed by atoms with Crippen molar-refractivity contribution in [2.75, 3.05) is 25.5 Å². The molecule has 19 heavy (non-hydrogen) atoms. The fraction of sp³-hybridized carbons (Fsp3) is 0.364. The minimum absolute atomic E-state index is 0.0907. The molecule has 4 N–H and O–H groups in total. The lowest BCUT2D eigenvalue weighted by atomic mass is 10.3. The van der Waals surface area contributed by atoms with Gasteiger partial charge >= 0.3 is 0 Å². The van der Waals surface area contributed by atoms with Gasteiger partial charge < -0.3 is 15.4 Å². The van der Waals surface area contributed by atoms with Crippen molar-refractivity contribution in [3.8, 4) is 5.75 Å². The number of nitrogens with one attached hydrogen (secondary N) is 2. The third-order valence-corrected chi connectivity index (χ3v) is 3.22. The monoisotopic (exact) mass is 287 g/mol. The summed E-state index contributed by atoms with van der Waals surface area (Å²) in [6.45, 7) is 2.65. The predicted molar refractivity (Wildman–Crippen MR) is 71.5 cm³/mol. The Morgan fingerprint density at radius 2 is 2.11 bits per heavy atom. The van der Waals surface area contributed by atoms with E-state index < -0.39 is 10.0 Å². The van der Waals surface area contributed by atoms with E-state index in [1.807, 2.05) is 6.92 Å². The molecule has 0 spiro atoms. The summed E-state index contributed by atoms with van der Waals surface area (Å²) < 4.78 is 27.6. The van der Waals surface area contributed by atoms with Crippen molar-refractivity contribution < 1.29 is 17.9 Å². The summed E-state index contributed by atoms with van der Waals surface area (Å²) in [5.74, 6) is 0.0592. The summed E-state index contributed by atoms with van der Waals surface area (Å²) in [4.78, 5) is 11.5. The maximum atomic E-state index is 11.6. The van der Waals surface area contributed by atoms with Gasteiger partial charge in [0.2, 0.25) is 15.9 Å². The summed E-state index contributed by atoms with van der Waals surface area (Å²) in [7, 11) is -2.40. The third kappa shape index (κ3) is 4.51. The standard InChI is InChI=1S/C11H17N3O4S/c1-3-13-7-11(15)14-9-6-8(19(12,16)17)4-5-10(9)18-2/h4-6,13H,3,7H2,1-2H3,(H,14,15)(H2,12,16,17). The van der Waals surface area contributed by atoms with Crippen molar-refractivity contribution in [3.63, 3.8) is 0 Å². The van der Waals surface area contributed by atoms with Gasteiger partial charge in [-0.3, -0.25) is 4.79 Å². The zero-order valence-electron chi connectivity index (χ0n) is 10.8. The van der Waals surface area contributed by atoms with Crippen LogP contribution in [0.15, 0.2) is 23.1 Å². The normalized spacial score (nSPS) is 11.1. The first-order valence-corrected chi connectivity index (χ1v) is 7.14. The van der Waals surface area contributed by atoms with Gasteiger partial charge in [-0.1, -0.05) is 6.92 Å². The molecule has 0 aliphatic heterocycles. The molecule has 0 atom stereocenters. The molecular formula is C11H17N3O4S. The zero-order chi connectivity index (χ0) is 14.5. The molecule has 0 saturated carbocycles. The summed E-state index contributed by atoms with van der Waals surface area (Å²) in [5, 5.41) is 10.5. The van der Waals surface area contributed by atoms with E-state index in [1.165, 1.54) is 25.3 Å². The van der Waals surface area contributed by atoms with Crippen molar-refractivity contribution in [3.05, 3.63) is 18.2 Å². The van der Waals surface area contributed by atoms with Crippen molar-refractivity contribution >= 4 is 21.6 Å². The van der Waals surface area contributed by atoms with E-state index in [1.54, 1.807) is 0 Å². The van der Waals surface area contributed by atoms with Crippen LogP contribution in [0.3, 0.4) is 0 Å². The molecule has 1 aromatic carbocycles. The lowest BCUT2D eigenvalue weighted by molar-refractivity contribution is -0.115. The molecule has 106 valence electrons. The molecule has 0 aliphatic carbocycles. The molecule has 1 amide bonds. The highest BCUT2D eigenvalue weighted by molar-refractivity contribution is 7.89. The number of amides is 1. The molecule has 8 heteroatoms. The van der Waals surface area contributed by atoms with E-state index in [2.05, 4.69) is 10.6 Å². The van der Waals surface area contributed by atoms with Crippen LogP contribution in [0.5, 0.6) is 5.75 Å². The maximum absolute atomic E-state index is 11.6. The number of likely N-dealkylation sites (N-methyl/N-ethyl adjacent to an activating group) is 1. The third-order valence-electron chi connectivity index (χ3n) is 2.31. The van der Waals surface area contributed by atoms with Crippen LogP contribution in [0.2, 0.25) is 0 Å². The van der Waals surface area contributed by atoms with Gasteiger partial charge in [-0.15, -0.1) is 0 Å². The minimum atomic E-state index is -3.83. The van der Waals surface area contributed by atoms with Gasteiger partial charge in [0.1, 0.15) is 5.75 Å². The zero-order valence-corrected chi connectivity index (χ0v) is 11.6. The summed E-state index contributed by atoms with van der Waals surface area (Å²) in [6.07, 6.45) is 0. The van der Waals surface area contributed by atoms with Crippen LogP contribution in [0.25, 0.3) is 0 Å². The average Bonchev–Trinajstić information content (AvgIpc) is 2.35. The molecule has 0 aliphatic rings. The Labute approximate surface area is 112 Å². The van der Waals surface area contributed by atoms with E-state index >= 15 is 0 Å². The fourth-order valence-corrected chi connectivity index (χ4v) is 1.93. The molecule has 0 fully saturated rings. The SMILES string of the molecule is CCNCC(=O)Nc1cc(S(N)(=O)=O)ccc1OC. The smallest absolute Gasteiger partial charge is 0.238 e. The van der Waals surface area contributed by atoms with Gasteiger partial charge in [-0.05, 0) is 24.7 Å². The van der Waals surface area contributed by atoms with Crippen molar-refractivity contribution in [1.82, 2.24) is 5.32 Å². The molecule has 0 saturated heterocycles. The van der Waals surface area contributed by atoms with Crippen LogP contribution in [-0.2, 0) is 14.8 Å². The number of hydrogen-bond acceptors (Lipinski definition) is 5. The Bertz CT molecular complexity index is 557. The number of hydrogen-bond donors (Lipinski definition) is 3. The average molecular weight is 287 g/mol. The maximum Gasteiger partial charge on any atom is 0.238 e. The first-order chi connectivity index (χ1) is 8.88. The highest BCUT2D eigenvalue weighted by Crippen LogP contribution is 2.26. The van der Waals surface area contributed by atoms with Crippen molar-refractivity contribution in [1.29, 1.82) is 0 Å². The Kier molecular flexibility index (Phi) is 5.28. The van der Waals surface area contributed by atoms with E-state index in [0.29, 0.717) is 12.3 Å². The highest BCUT2D eigenvalue weighted by atomic mass is 32.2. The fourth-order valence-electron chi connectivity index (χ4n) is 1.39. The molecule has 7 nitrogen and oxygen atoms in total. The molecule has 0 aromatic heterocycles. The molecule has 0 bridgehead atoms.